The van der Waals surface area contributed by atoms with E-state index in [4.69, 9.17) is 0 Å². The molecule has 0 bridgehead atoms. The third-order valence-corrected chi connectivity index (χ3v) is 4.91. The summed E-state index contributed by atoms with van der Waals surface area (Å²) < 4.78 is 61.6. The molecule has 0 aliphatic heterocycles. The first-order valence-corrected chi connectivity index (χ1v) is 10.3. The van der Waals surface area contributed by atoms with Crippen LogP contribution in [0.1, 0.15) is 48.4 Å². The quantitative estimate of drug-likeness (QED) is 0.724. The summed E-state index contributed by atoms with van der Waals surface area (Å²) in [5, 5.41) is 1.97. The molecule has 1 amide bonds. The first-order chi connectivity index (χ1) is 13.1. The molecule has 0 aliphatic carbocycles. The summed E-state index contributed by atoms with van der Waals surface area (Å²) in [5.74, 6) is -0.833. The number of hydrogen-bond donors (Lipinski definition) is 2. The Labute approximate surface area is 165 Å². The molecule has 0 radical (unpaired) electrons. The lowest BCUT2D eigenvalue weighted by atomic mass is 9.82. The minimum absolute atomic E-state index is 0.409. The average molecular weight is 431 g/mol. The number of rotatable bonds is 4. The lowest BCUT2D eigenvalue weighted by Gasteiger charge is -2.32. The molecule has 0 fully saturated rings. The highest BCUT2D eigenvalue weighted by molar-refractivity contribution is 7.90. The van der Waals surface area contributed by atoms with E-state index in [-0.39, 0.29) is 0 Å². The van der Waals surface area contributed by atoms with Gasteiger partial charge in [-0.1, -0.05) is 32.9 Å². The summed E-state index contributed by atoms with van der Waals surface area (Å²) in [7, 11) is -3.86. The molecule has 7 nitrogen and oxygen atoms in total. The van der Waals surface area contributed by atoms with E-state index in [1.165, 1.54) is 12.1 Å². The number of sulfone groups is 1. The normalized spacial score (nSPS) is 13.8. The molecule has 1 heterocycles. The third kappa shape index (κ3) is 5.66. The Morgan fingerprint density at radius 2 is 1.69 bits per heavy atom. The van der Waals surface area contributed by atoms with Crippen molar-refractivity contribution >= 4 is 15.7 Å². The Hall–Kier alpha value is -2.69. The second-order valence-electron chi connectivity index (χ2n) is 7.60. The number of benzene rings is 1. The fraction of sp³-hybridized carbons (Fsp3) is 0.389. The second kappa shape index (κ2) is 7.62. The van der Waals surface area contributed by atoms with Crippen LogP contribution in [0.3, 0.4) is 0 Å². The van der Waals surface area contributed by atoms with Crippen molar-refractivity contribution in [1.29, 1.82) is 0 Å². The Morgan fingerprint density at radius 1 is 1.14 bits per heavy atom. The van der Waals surface area contributed by atoms with Crippen LogP contribution in [0.25, 0.3) is 0 Å². The van der Waals surface area contributed by atoms with Crippen molar-refractivity contribution in [1.82, 2.24) is 15.3 Å². The highest BCUT2D eigenvalue weighted by atomic mass is 32.2. The van der Waals surface area contributed by atoms with Crippen LogP contribution in [0.4, 0.5) is 13.2 Å². The molecule has 2 aromatic rings. The summed E-state index contributed by atoms with van der Waals surface area (Å²) >= 11 is 0. The van der Waals surface area contributed by atoms with Gasteiger partial charge in [-0.15, -0.1) is 0 Å². The smallest absolute Gasteiger partial charge is 0.343 e. The summed E-state index contributed by atoms with van der Waals surface area (Å²) in [6.07, 6.45) is -3.66. The molecule has 11 heteroatoms. The standard InChI is InChI=1S/C18H20F3N3O4S/c1-17(2,3)14(10-5-7-11(8-6-10)18(19,20)21)24-15(26)12-9-13(25)23-16(22-12)29(4,27)28/h5-9,14H,1-4H3,(H,24,26)(H,22,23,25). The van der Waals surface area contributed by atoms with E-state index in [0.29, 0.717) is 5.56 Å². The Morgan fingerprint density at radius 3 is 2.14 bits per heavy atom. The largest absolute Gasteiger partial charge is 0.416 e. The molecule has 0 aliphatic rings. The first-order valence-electron chi connectivity index (χ1n) is 8.38. The first kappa shape index (κ1) is 22.6. The van der Waals surface area contributed by atoms with E-state index < -0.39 is 55.4 Å². The van der Waals surface area contributed by atoms with Gasteiger partial charge in [0.25, 0.3) is 11.5 Å². The van der Waals surface area contributed by atoms with E-state index in [9.17, 15) is 31.2 Å². The van der Waals surface area contributed by atoms with Crippen LogP contribution in [0.2, 0.25) is 0 Å². The number of H-pyrrole nitrogens is 1. The van der Waals surface area contributed by atoms with Gasteiger partial charge in [-0.2, -0.15) is 13.2 Å². The van der Waals surface area contributed by atoms with Gasteiger partial charge in [0.1, 0.15) is 5.69 Å². The van der Waals surface area contributed by atoms with Crippen molar-refractivity contribution in [2.75, 3.05) is 6.26 Å². The molecule has 158 valence electrons. The molecule has 0 saturated carbocycles. The van der Waals surface area contributed by atoms with Crippen LogP contribution in [0.5, 0.6) is 0 Å². The number of nitrogens with zero attached hydrogens (tertiary/aromatic N) is 1. The van der Waals surface area contributed by atoms with E-state index in [1.807, 2.05) is 4.98 Å². The van der Waals surface area contributed by atoms with E-state index in [1.54, 1.807) is 20.8 Å². The van der Waals surface area contributed by atoms with Crippen molar-refractivity contribution in [3.8, 4) is 0 Å². The zero-order chi connectivity index (χ0) is 22.2. The predicted molar refractivity (Wildman–Crippen MR) is 99.1 cm³/mol. The lowest BCUT2D eigenvalue weighted by Crippen LogP contribution is -2.37. The molecule has 0 spiro atoms. The van der Waals surface area contributed by atoms with Crippen molar-refractivity contribution in [3.05, 3.63) is 57.5 Å². The summed E-state index contributed by atoms with van der Waals surface area (Å²) in [6.45, 7) is 5.30. The number of carbonyl (C=O) groups excluding carboxylic acids is 1. The van der Waals surface area contributed by atoms with Crippen LogP contribution < -0.4 is 10.9 Å². The van der Waals surface area contributed by atoms with Crippen molar-refractivity contribution < 1.29 is 26.4 Å². The number of hydrogen-bond acceptors (Lipinski definition) is 5. The van der Waals surface area contributed by atoms with Crippen LogP contribution in [-0.4, -0.2) is 30.5 Å². The summed E-state index contributed by atoms with van der Waals surface area (Å²) in [5.41, 5.74) is -2.28. The number of alkyl halides is 3. The van der Waals surface area contributed by atoms with Gasteiger partial charge in [-0.25, -0.2) is 13.4 Å². The fourth-order valence-corrected chi connectivity index (χ4v) is 3.15. The molecule has 1 aromatic carbocycles. The molecule has 1 unspecified atom stereocenters. The predicted octanol–water partition coefficient (Wildman–Crippen LogP) is 2.71. The number of nitrogens with one attached hydrogen (secondary N) is 2. The molecule has 1 atom stereocenters. The average Bonchev–Trinajstić information content (AvgIpc) is 2.56. The number of halogens is 3. The third-order valence-electron chi connectivity index (χ3n) is 4.02. The van der Waals surface area contributed by atoms with Crippen LogP contribution in [0, 0.1) is 5.41 Å². The van der Waals surface area contributed by atoms with Crippen molar-refractivity contribution in [2.45, 2.75) is 38.1 Å². The summed E-state index contributed by atoms with van der Waals surface area (Å²) in [6, 6.07) is 4.44. The van der Waals surface area contributed by atoms with Gasteiger partial charge in [-0.05, 0) is 23.1 Å². The van der Waals surface area contributed by atoms with Gasteiger partial charge in [0.15, 0.2) is 0 Å². The molecule has 29 heavy (non-hydrogen) atoms. The van der Waals surface area contributed by atoms with Crippen LogP contribution >= 0.6 is 0 Å². The highest BCUT2D eigenvalue weighted by Crippen LogP contribution is 2.35. The van der Waals surface area contributed by atoms with Gasteiger partial charge in [0, 0.05) is 12.3 Å². The highest BCUT2D eigenvalue weighted by Gasteiger charge is 2.32. The van der Waals surface area contributed by atoms with E-state index >= 15 is 0 Å². The Balaban J connectivity index is 2.41. The molecule has 1 aromatic heterocycles. The van der Waals surface area contributed by atoms with Crippen LogP contribution in [-0.2, 0) is 16.0 Å². The Bertz CT molecular complexity index is 1070. The minimum Gasteiger partial charge on any atom is -0.343 e. The number of aromatic nitrogens is 2. The topological polar surface area (TPSA) is 109 Å². The van der Waals surface area contributed by atoms with E-state index in [2.05, 4.69) is 10.3 Å². The summed E-state index contributed by atoms with van der Waals surface area (Å²) in [4.78, 5) is 30.0. The molecule has 0 saturated heterocycles. The van der Waals surface area contributed by atoms with Gasteiger partial charge in [0.05, 0.1) is 11.6 Å². The monoisotopic (exact) mass is 431 g/mol. The van der Waals surface area contributed by atoms with Gasteiger partial charge in [-0.3, -0.25) is 14.6 Å². The zero-order valence-corrected chi connectivity index (χ0v) is 16.9. The molecule has 2 rings (SSSR count). The zero-order valence-electron chi connectivity index (χ0n) is 16.1. The maximum atomic E-state index is 12.8. The maximum Gasteiger partial charge on any atom is 0.416 e. The van der Waals surface area contributed by atoms with Gasteiger partial charge < -0.3 is 5.32 Å². The number of amides is 1. The maximum absolute atomic E-state index is 12.8. The number of aromatic amines is 1. The van der Waals surface area contributed by atoms with Crippen molar-refractivity contribution in [3.63, 3.8) is 0 Å². The minimum atomic E-state index is -4.49. The second-order valence-corrected chi connectivity index (χ2v) is 9.53. The molecule has 2 N–H and O–H groups in total. The molecular formula is C18H20F3N3O4S. The fourth-order valence-electron chi connectivity index (χ4n) is 2.60. The van der Waals surface area contributed by atoms with Crippen molar-refractivity contribution in [2.24, 2.45) is 5.41 Å². The Kier molecular flexibility index (Phi) is 5.94. The van der Waals surface area contributed by atoms with Gasteiger partial charge in [0.2, 0.25) is 15.0 Å². The SMILES string of the molecule is CC(C)(C)C(NC(=O)c1cc(=O)[nH]c(S(C)(=O)=O)n1)c1ccc(C(F)(F)F)cc1. The van der Waals surface area contributed by atoms with E-state index in [0.717, 1.165) is 24.5 Å². The van der Waals surface area contributed by atoms with Crippen LogP contribution in [0.15, 0.2) is 40.3 Å². The molecular weight excluding hydrogens is 411 g/mol. The number of carbonyl (C=O) groups is 1. The lowest BCUT2D eigenvalue weighted by molar-refractivity contribution is -0.137. The van der Waals surface area contributed by atoms with Gasteiger partial charge >= 0.3 is 6.18 Å².